The highest BCUT2D eigenvalue weighted by atomic mass is 15.1. The van der Waals surface area contributed by atoms with Crippen LogP contribution < -0.4 is 5.32 Å². The van der Waals surface area contributed by atoms with E-state index in [0.717, 1.165) is 32.6 Å². The molecule has 1 fully saturated rings. The zero-order valence-electron chi connectivity index (χ0n) is 7.90. The Morgan fingerprint density at radius 3 is 3.00 bits per heavy atom. The van der Waals surface area contributed by atoms with Crippen molar-refractivity contribution < 1.29 is 0 Å². The third-order valence-corrected chi connectivity index (χ3v) is 2.04. The van der Waals surface area contributed by atoms with E-state index in [1.165, 1.54) is 13.0 Å². The molecule has 0 spiro atoms. The minimum absolute atomic E-state index is 0.954. The van der Waals surface area contributed by atoms with Gasteiger partial charge >= 0.3 is 0 Å². The summed E-state index contributed by atoms with van der Waals surface area (Å²) in [6.07, 6.45) is 2.24. The minimum Gasteiger partial charge on any atom is -0.315 e. The first-order valence-corrected chi connectivity index (χ1v) is 4.82. The second-order valence-corrected chi connectivity index (χ2v) is 3.09. The lowest BCUT2D eigenvalue weighted by Gasteiger charge is -2.15. The van der Waals surface area contributed by atoms with Gasteiger partial charge in [-0.3, -0.25) is 4.90 Å². The Morgan fingerprint density at radius 1 is 1.25 bits per heavy atom. The molecule has 2 heteroatoms. The largest absolute Gasteiger partial charge is 0.315 e. The van der Waals surface area contributed by atoms with Crippen molar-refractivity contribution in [1.82, 2.24) is 10.2 Å². The monoisotopic (exact) mass is 166 g/mol. The van der Waals surface area contributed by atoms with Crippen LogP contribution in [0.3, 0.4) is 0 Å². The normalized spacial score (nSPS) is 19.4. The van der Waals surface area contributed by atoms with Crippen LogP contribution in [-0.2, 0) is 0 Å². The molecule has 0 amide bonds. The molecule has 1 heterocycles. The van der Waals surface area contributed by atoms with E-state index in [4.69, 9.17) is 0 Å². The van der Waals surface area contributed by atoms with Crippen LogP contribution in [0.2, 0.25) is 0 Å². The number of nitrogens with zero attached hydrogens (tertiary/aromatic N) is 1. The summed E-state index contributed by atoms with van der Waals surface area (Å²) in [6.45, 7) is 7.68. The van der Waals surface area contributed by atoms with E-state index in [0.29, 0.717) is 0 Å². The predicted molar refractivity (Wildman–Crippen MR) is 52.0 cm³/mol. The van der Waals surface area contributed by atoms with Gasteiger partial charge in [-0.15, -0.1) is 5.92 Å². The Labute approximate surface area is 75.3 Å². The van der Waals surface area contributed by atoms with Crippen molar-refractivity contribution in [2.24, 2.45) is 0 Å². The van der Waals surface area contributed by atoms with Gasteiger partial charge in [0.05, 0.1) is 6.54 Å². The van der Waals surface area contributed by atoms with Gasteiger partial charge in [0.1, 0.15) is 0 Å². The van der Waals surface area contributed by atoms with E-state index in [1.54, 1.807) is 0 Å². The maximum Gasteiger partial charge on any atom is 0.0602 e. The lowest BCUT2D eigenvalue weighted by molar-refractivity contribution is 0.329. The van der Waals surface area contributed by atoms with E-state index < -0.39 is 0 Å². The van der Waals surface area contributed by atoms with Crippen molar-refractivity contribution in [2.75, 3.05) is 32.7 Å². The summed E-state index contributed by atoms with van der Waals surface area (Å²) < 4.78 is 0. The van der Waals surface area contributed by atoms with Crippen molar-refractivity contribution in [3.63, 3.8) is 0 Å². The molecule has 0 unspecified atom stereocenters. The summed E-state index contributed by atoms with van der Waals surface area (Å²) in [4.78, 5) is 2.42. The third kappa shape index (κ3) is 3.75. The van der Waals surface area contributed by atoms with Crippen molar-refractivity contribution in [3.8, 4) is 11.8 Å². The van der Waals surface area contributed by atoms with Gasteiger partial charge in [0, 0.05) is 26.1 Å². The Morgan fingerprint density at radius 2 is 2.17 bits per heavy atom. The molecule has 1 rings (SSSR count). The summed E-state index contributed by atoms with van der Waals surface area (Å²) in [5.74, 6) is 6.28. The molecule has 1 N–H and O–H groups in total. The van der Waals surface area contributed by atoms with Gasteiger partial charge in [0.2, 0.25) is 0 Å². The molecule has 68 valence electrons. The number of nitrogens with one attached hydrogen (secondary N) is 1. The van der Waals surface area contributed by atoms with Crippen LogP contribution >= 0.6 is 0 Å². The topological polar surface area (TPSA) is 15.3 Å². The van der Waals surface area contributed by atoms with Crippen LogP contribution in [0.1, 0.15) is 19.8 Å². The Bertz CT molecular complexity index is 158. The van der Waals surface area contributed by atoms with Crippen molar-refractivity contribution >= 4 is 0 Å². The van der Waals surface area contributed by atoms with Crippen LogP contribution in [0.15, 0.2) is 0 Å². The average Bonchev–Trinajstić information content (AvgIpc) is 2.33. The first-order valence-electron chi connectivity index (χ1n) is 4.82. The number of rotatable bonds is 1. The average molecular weight is 166 g/mol. The molecule has 0 radical (unpaired) electrons. The van der Waals surface area contributed by atoms with Gasteiger partial charge in [-0.2, -0.15) is 0 Å². The Hall–Kier alpha value is -0.520. The summed E-state index contributed by atoms with van der Waals surface area (Å²) >= 11 is 0. The highest BCUT2D eigenvalue weighted by Gasteiger charge is 2.05. The van der Waals surface area contributed by atoms with Crippen LogP contribution in [0.4, 0.5) is 0 Å². The van der Waals surface area contributed by atoms with Gasteiger partial charge in [-0.25, -0.2) is 0 Å². The Balaban J connectivity index is 2.20. The van der Waals surface area contributed by atoms with E-state index in [1.807, 2.05) is 0 Å². The second kappa shape index (κ2) is 6.05. The summed E-state index contributed by atoms with van der Waals surface area (Å²) in [5, 5.41) is 3.38. The van der Waals surface area contributed by atoms with Gasteiger partial charge in [-0.05, 0) is 13.0 Å². The molecule has 1 aliphatic heterocycles. The molecular weight excluding hydrogens is 148 g/mol. The molecule has 1 aliphatic rings. The van der Waals surface area contributed by atoms with Crippen molar-refractivity contribution in [1.29, 1.82) is 0 Å². The molecule has 0 aliphatic carbocycles. The van der Waals surface area contributed by atoms with Gasteiger partial charge in [0.15, 0.2) is 0 Å². The van der Waals surface area contributed by atoms with E-state index >= 15 is 0 Å². The molecular formula is C10H18N2. The second-order valence-electron chi connectivity index (χ2n) is 3.09. The van der Waals surface area contributed by atoms with E-state index in [2.05, 4.69) is 29.0 Å². The SMILES string of the molecule is CCC#CCN1CCCNCC1. The highest BCUT2D eigenvalue weighted by Crippen LogP contribution is 1.93. The molecule has 0 saturated carbocycles. The quantitative estimate of drug-likeness (QED) is 0.577. The zero-order chi connectivity index (χ0) is 8.65. The van der Waals surface area contributed by atoms with Crippen molar-refractivity contribution in [3.05, 3.63) is 0 Å². The van der Waals surface area contributed by atoms with Crippen LogP contribution in [0.25, 0.3) is 0 Å². The Kier molecular flexibility index (Phi) is 4.82. The van der Waals surface area contributed by atoms with Gasteiger partial charge in [-0.1, -0.05) is 12.8 Å². The fourth-order valence-electron chi connectivity index (χ4n) is 1.35. The third-order valence-electron chi connectivity index (χ3n) is 2.04. The maximum absolute atomic E-state index is 3.38. The van der Waals surface area contributed by atoms with Crippen molar-refractivity contribution in [2.45, 2.75) is 19.8 Å². The fourth-order valence-corrected chi connectivity index (χ4v) is 1.35. The smallest absolute Gasteiger partial charge is 0.0602 e. The van der Waals surface area contributed by atoms with Crippen LogP contribution in [0, 0.1) is 11.8 Å². The van der Waals surface area contributed by atoms with E-state index in [9.17, 15) is 0 Å². The molecule has 0 bridgehead atoms. The molecule has 2 nitrogen and oxygen atoms in total. The standard InChI is InChI=1S/C10H18N2/c1-2-3-4-8-12-9-5-6-11-7-10-12/h11H,2,5-10H2,1H3. The molecule has 0 aromatic carbocycles. The predicted octanol–water partition coefficient (Wildman–Crippen LogP) is 0.695. The number of hydrogen-bond donors (Lipinski definition) is 1. The van der Waals surface area contributed by atoms with E-state index in [-0.39, 0.29) is 0 Å². The zero-order valence-corrected chi connectivity index (χ0v) is 7.90. The first kappa shape index (κ1) is 9.57. The molecule has 0 aromatic rings. The summed E-state index contributed by atoms with van der Waals surface area (Å²) in [5.41, 5.74) is 0. The number of hydrogen-bond acceptors (Lipinski definition) is 2. The molecule has 1 saturated heterocycles. The highest BCUT2D eigenvalue weighted by molar-refractivity contribution is 5.00. The fraction of sp³-hybridized carbons (Fsp3) is 0.800. The molecule has 0 atom stereocenters. The van der Waals surface area contributed by atoms with Crippen LogP contribution in [-0.4, -0.2) is 37.6 Å². The minimum atomic E-state index is 0.954. The van der Waals surface area contributed by atoms with Crippen LogP contribution in [0.5, 0.6) is 0 Å². The lowest BCUT2D eigenvalue weighted by atomic mass is 10.4. The summed E-state index contributed by atoms with van der Waals surface area (Å²) in [7, 11) is 0. The first-order chi connectivity index (χ1) is 5.93. The maximum atomic E-state index is 3.38. The summed E-state index contributed by atoms with van der Waals surface area (Å²) in [6, 6.07) is 0. The molecule has 12 heavy (non-hydrogen) atoms. The molecule has 0 aromatic heterocycles. The lowest BCUT2D eigenvalue weighted by Crippen LogP contribution is -2.28. The van der Waals surface area contributed by atoms with Gasteiger partial charge < -0.3 is 5.32 Å². The van der Waals surface area contributed by atoms with Gasteiger partial charge in [0.25, 0.3) is 0 Å².